The Hall–Kier alpha value is -2.41. The average Bonchev–Trinajstić information content (AvgIpc) is 2.60. The minimum absolute atomic E-state index is 0.256. The number of unbranched alkanes of at least 4 members (excludes halogenated alkanes) is 3. The van der Waals surface area contributed by atoms with Crippen LogP contribution in [0.2, 0.25) is 0 Å². The van der Waals surface area contributed by atoms with E-state index in [4.69, 9.17) is 4.89 Å². The summed E-state index contributed by atoms with van der Waals surface area (Å²) in [6, 6.07) is 9.41. The maximum atomic E-state index is 12.1. The smallest absolute Gasteiger partial charge is 0.325 e. The molecule has 0 saturated heterocycles. The van der Waals surface area contributed by atoms with E-state index in [1.807, 2.05) is 28.8 Å². The number of fused-ring (bicyclic) bond motifs is 2. The van der Waals surface area contributed by atoms with E-state index >= 15 is 0 Å². The van der Waals surface area contributed by atoms with Gasteiger partial charge in [-0.15, -0.1) is 9.42 Å². The number of H-pyrrole nitrogens is 1. The topological polar surface area (TPSA) is 114 Å². The summed E-state index contributed by atoms with van der Waals surface area (Å²) in [5.41, 5.74) is 0.220. The first-order chi connectivity index (χ1) is 12.6. The number of aromatic amines is 1. The van der Waals surface area contributed by atoms with Crippen molar-refractivity contribution in [3.05, 3.63) is 51.2 Å². The predicted molar refractivity (Wildman–Crippen MR) is 97.5 cm³/mol. The molecule has 0 aromatic heterocycles. The van der Waals surface area contributed by atoms with Crippen LogP contribution < -0.4 is 11.2 Å². The molecule has 0 amide bonds. The van der Waals surface area contributed by atoms with Gasteiger partial charge in [-0.2, -0.15) is 4.98 Å². The number of nitrogens with zero attached hydrogens (tertiary/aromatic N) is 2. The van der Waals surface area contributed by atoms with Crippen LogP contribution in [-0.2, 0) is 15.6 Å². The molecule has 0 saturated carbocycles. The van der Waals surface area contributed by atoms with Crippen molar-refractivity contribution in [2.75, 3.05) is 6.61 Å². The number of nitrogens with one attached hydrogen (secondary N) is 1. The van der Waals surface area contributed by atoms with Gasteiger partial charge in [-0.25, -0.2) is 4.79 Å². The van der Waals surface area contributed by atoms with E-state index in [9.17, 15) is 14.2 Å². The van der Waals surface area contributed by atoms with Crippen LogP contribution in [0.15, 0.2) is 39.9 Å². The lowest BCUT2D eigenvalue weighted by molar-refractivity contribution is 0.273. The molecule has 0 bridgehead atoms. The molecule has 0 spiro atoms. The van der Waals surface area contributed by atoms with Crippen molar-refractivity contribution in [2.24, 2.45) is 0 Å². The zero-order valence-electron chi connectivity index (χ0n) is 14.1. The summed E-state index contributed by atoms with van der Waals surface area (Å²) in [6.45, 7) is 0.870. The zero-order valence-corrected chi connectivity index (χ0v) is 14.9. The normalized spacial score (nSPS) is 12.0. The zero-order chi connectivity index (χ0) is 18.5. The van der Waals surface area contributed by atoms with Crippen molar-refractivity contribution in [2.45, 2.75) is 32.2 Å². The highest BCUT2D eigenvalue weighted by Crippen LogP contribution is 2.24. The number of benzene rings is 1. The van der Waals surface area contributed by atoms with Crippen LogP contribution in [0.25, 0.3) is 22.3 Å². The monoisotopic (exact) mass is 376 g/mol. The molecular formula is C17H19N3O5P+. The van der Waals surface area contributed by atoms with Gasteiger partial charge < -0.3 is 4.57 Å². The Labute approximate surface area is 149 Å². The third kappa shape index (κ3) is 4.22. The summed E-state index contributed by atoms with van der Waals surface area (Å²) in [5, 5.41) is 0.908. The van der Waals surface area contributed by atoms with Gasteiger partial charge in [0, 0.05) is 16.6 Å². The standard InChI is InChI=1S/C17H18N3O5P/c21-16-13-11-12-7-3-4-8-14(12)20(15(13)18-17(22)19-16)9-5-1-2-6-10-25-26(23)24/h3-4,7-8,11H,1-2,5-6,9-10H2,(H-,19,21,22,23,24)/p+1. The molecule has 2 N–H and O–H groups in total. The number of hydrogen-bond donors (Lipinski definition) is 2. The van der Waals surface area contributed by atoms with Crippen molar-refractivity contribution < 1.29 is 14.0 Å². The molecule has 2 aliphatic rings. The molecule has 1 aromatic rings. The first-order valence-corrected chi connectivity index (χ1v) is 9.51. The van der Waals surface area contributed by atoms with E-state index in [0.29, 0.717) is 24.4 Å². The van der Waals surface area contributed by atoms with E-state index in [1.165, 1.54) is 0 Å². The molecule has 9 heteroatoms. The number of aryl methyl sites for hydroxylation is 1. The quantitative estimate of drug-likeness (QED) is 0.354. The fourth-order valence-electron chi connectivity index (χ4n) is 3.01. The third-order valence-electron chi connectivity index (χ3n) is 4.17. The highest BCUT2D eigenvalue weighted by Gasteiger charge is 2.16. The van der Waals surface area contributed by atoms with Crippen molar-refractivity contribution in [1.29, 1.82) is 0 Å². The Morgan fingerprint density at radius 3 is 2.73 bits per heavy atom. The molecule has 1 unspecified atom stereocenters. The second-order valence-corrected chi connectivity index (χ2v) is 6.68. The highest BCUT2D eigenvalue weighted by atomic mass is 31.1. The van der Waals surface area contributed by atoms with Gasteiger partial charge in [0.25, 0.3) is 5.56 Å². The first-order valence-electron chi connectivity index (χ1n) is 8.38. The minimum Gasteiger partial charge on any atom is -0.325 e. The summed E-state index contributed by atoms with van der Waals surface area (Å²) in [7, 11) is -2.53. The largest absolute Gasteiger partial charge is 0.694 e. The van der Waals surface area contributed by atoms with Gasteiger partial charge in [0.05, 0.1) is 5.56 Å². The molecular weight excluding hydrogens is 357 g/mol. The van der Waals surface area contributed by atoms with Gasteiger partial charge in [0.1, 0.15) is 6.61 Å². The van der Waals surface area contributed by atoms with Crippen molar-refractivity contribution >= 4 is 19.2 Å². The van der Waals surface area contributed by atoms with Crippen LogP contribution >= 0.6 is 8.25 Å². The molecule has 0 radical (unpaired) electrons. The Bertz CT molecular complexity index is 1010. The van der Waals surface area contributed by atoms with E-state index in [-0.39, 0.29) is 6.61 Å². The van der Waals surface area contributed by atoms with Gasteiger partial charge in [0.2, 0.25) is 0 Å². The molecule has 2 heterocycles. The molecule has 136 valence electrons. The summed E-state index contributed by atoms with van der Waals surface area (Å²) < 4.78 is 17.0. The fourth-order valence-corrected chi connectivity index (χ4v) is 3.29. The lowest BCUT2D eigenvalue weighted by atomic mass is 10.1. The highest BCUT2D eigenvalue weighted by molar-refractivity contribution is 7.32. The first kappa shape index (κ1) is 18.4. The molecule has 1 aromatic carbocycles. The molecule has 0 aliphatic carbocycles. The summed E-state index contributed by atoms with van der Waals surface area (Å²) >= 11 is 0. The van der Waals surface area contributed by atoms with Crippen LogP contribution in [0, 0.1) is 0 Å². The lowest BCUT2D eigenvalue weighted by Gasteiger charge is -2.17. The molecule has 3 rings (SSSR count). The number of hydrogen-bond acceptors (Lipinski definition) is 5. The second-order valence-electron chi connectivity index (χ2n) is 5.95. The van der Waals surface area contributed by atoms with E-state index in [0.717, 1.165) is 30.2 Å². The average molecular weight is 376 g/mol. The Kier molecular flexibility index (Phi) is 5.88. The summed E-state index contributed by atoms with van der Waals surface area (Å²) in [5.74, 6) is 0.387. The number of aromatic nitrogens is 3. The van der Waals surface area contributed by atoms with Crippen molar-refractivity contribution in [1.82, 2.24) is 14.5 Å². The second kappa shape index (κ2) is 8.31. The minimum atomic E-state index is -2.53. The third-order valence-corrected chi connectivity index (χ3v) is 4.58. The summed E-state index contributed by atoms with van der Waals surface area (Å²) in [4.78, 5) is 38.6. The Morgan fingerprint density at radius 1 is 1.15 bits per heavy atom. The summed E-state index contributed by atoms with van der Waals surface area (Å²) in [6.07, 6.45) is 3.26. The van der Waals surface area contributed by atoms with Gasteiger partial charge in [-0.1, -0.05) is 31.0 Å². The lowest BCUT2D eigenvalue weighted by Crippen LogP contribution is -2.27. The van der Waals surface area contributed by atoms with Crippen molar-refractivity contribution in [3.8, 4) is 11.4 Å². The number of pyridine rings is 1. The molecule has 2 aliphatic heterocycles. The van der Waals surface area contributed by atoms with Gasteiger partial charge >= 0.3 is 13.9 Å². The number of rotatable bonds is 8. The van der Waals surface area contributed by atoms with Gasteiger partial charge in [-0.3, -0.25) is 9.78 Å². The molecule has 26 heavy (non-hydrogen) atoms. The maximum absolute atomic E-state index is 12.1. The van der Waals surface area contributed by atoms with Crippen LogP contribution in [0.5, 0.6) is 0 Å². The van der Waals surface area contributed by atoms with Crippen molar-refractivity contribution in [3.63, 3.8) is 0 Å². The van der Waals surface area contributed by atoms with Gasteiger partial charge in [0.15, 0.2) is 5.82 Å². The van der Waals surface area contributed by atoms with E-state index < -0.39 is 19.5 Å². The Morgan fingerprint density at radius 2 is 1.92 bits per heavy atom. The maximum Gasteiger partial charge on any atom is 0.694 e. The fraction of sp³-hybridized carbons (Fsp3) is 0.353. The number of para-hydroxylation sites is 1. The Balaban J connectivity index is 1.80. The van der Waals surface area contributed by atoms with Crippen LogP contribution in [0.3, 0.4) is 0 Å². The SMILES string of the molecule is O=c1nc2n(CCCCCCO[P+](=O)O)c3ccccc3cc-2c(=O)[nH]1. The van der Waals surface area contributed by atoms with Gasteiger partial charge in [-0.05, 0) is 30.4 Å². The van der Waals surface area contributed by atoms with Crippen LogP contribution in [-0.4, -0.2) is 26.0 Å². The predicted octanol–water partition coefficient (Wildman–Crippen LogP) is 2.42. The molecule has 8 nitrogen and oxygen atoms in total. The van der Waals surface area contributed by atoms with E-state index in [1.54, 1.807) is 6.07 Å². The van der Waals surface area contributed by atoms with E-state index in [2.05, 4.69) is 14.5 Å². The molecule has 1 atom stereocenters. The molecule has 0 fully saturated rings. The van der Waals surface area contributed by atoms with Crippen LogP contribution in [0.4, 0.5) is 0 Å². The van der Waals surface area contributed by atoms with Crippen LogP contribution in [0.1, 0.15) is 25.7 Å².